The van der Waals surface area contributed by atoms with E-state index in [0.717, 1.165) is 22.8 Å². The fourth-order valence-electron chi connectivity index (χ4n) is 4.66. The Morgan fingerprint density at radius 3 is 2.56 bits per heavy atom. The van der Waals surface area contributed by atoms with Gasteiger partial charge in [0, 0.05) is 42.3 Å². The van der Waals surface area contributed by atoms with Crippen LogP contribution in [0.1, 0.15) is 29.0 Å². The van der Waals surface area contributed by atoms with Crippen LogP contribution in [0.5, 0.6) is 0 Å². The zero-order chi connectivity index (χ0) is 25.1. The Kier molecular flexibility index (Phi) is 6.79. The number of carbonyl (C=O) groups excluding carboxylic acids is 1. The lowest BCUT2D eigenvalue weighted by atomic mass is 10.0. The first-order valence-electron chi connectivity index (χ1n) is 11.7. The van der Waals surface area contributed by atoms with Gasteiger partial charge < -0.3 is 24.8 Å². The number of nitrogens with one attached hydrogen (secondary N) is 2. The molecule has 0 radical (unpaired) electrons. The topological polar surface area (TPSA) is 71.4 Å². The van der Waals surface area contributed by atoms with Crippen molar-refractivity contribution in [2.45, 2.75) is 19.0 Å². The number of methoxy groups -OCH3 is 1. The highest BCUT2D eigenvalue weighted by Gasteiger charge is 2.42. The summed E-state index contributed by atoms with van der Waals surface area (Å²) in [7, 11) is 1.49. The molecule has 36 heavy (non-hydrogen) atoms. The first-order chi connectivity index (χ1) is 17.6. The third-order valence-electron chi connectivity index (χ3n) is 6.26. The van der Waals surface area contributed by atoms with Crippen molar-refractivity contribution in [3.8, 4) is 5.69 Å². The number of thiocarbonyl (C=S) groups is 1. The summed E-state index contributed by atoms with van der Waals surface area (Å²) in [6.45, 7) is 2.12. The molecule has 2 aromatic heterocycles. The number of nitrogens with zero attached hydrogens (tertiary/aromatic N) is 3. The highest BCUT2D eigenvalue weighted by molar-refractivity contribution is 7.80. The predicted octanol–water partition coefficient (Wildman–Crippen LogP) is 4.94. The summed E-state index contributed by atoms with van der Waals surface area (Å²) in [5, 5.41) is 6.96. The Bertz CT molecular complexity index is 1370. The predicted molar refractivity (Wildman–Crippen MR) is 145 cm³/mol. The Morgan fingerprint density at radius 1 is 1.06 bits per heavy atom. The van der Waals surface area contributed by atoms with E-state index in [2.05, 4.69) is 62.5 Å². The van der Waals surface area contributed by atoms with Crippen molar-refractivity contribution in [2.75, 3.05) is 23.9 Å². The van der Waals surface area contributed by atoms with Crippen LogP contribution >= 0.6 is 12.2 Å². The van der Waals surface area contributed by atoms with E-state index < -0.39 is 0 Å². The number of amides is 1. The second kappa shape index (κ2) is 10.3. The van der Waals surface area contributed by atoms with Crippen LogP contribution in [0.15, 0.2) is 91.3 Å². The van der Waals surface area contributed by atoms with Crippen molar-refractivity contribution in [1.29, 1.82) is 0 Å². The van der Waals surface area contributed by atoms with E-state index in [0.29, 0.717) is 10.8 Å². The molecule has 2 N–H and O–H groups in total. The van der Waals surface area contributed by atoms with Crippen LogP contribution in [-0.4, -0.2) is 34.3 Å². The molecule has 0 unspecified atom stereocenters. The van der Waals surface area contributed by atoms with Gasteiger partial charge in [0.1, 0.15) is 12.6 Å². The molecule has 3 heterocycles. The number of rotatable bonds is 7. The molecule has 2 aromatic carbocycles. The quantitative estimate of drug-likeness (QED) is 0.353. The van der Waals surface area contributed by atoms with E-state index in [-0.39, 0.29) is 24.6 Å². The number of hydrogen-bond donors (Lipinski definition) is 2. The minimum absolute atomic E-state index is 0.00556. The van der Waals surface area contributed by atoms with Gasteiger partial charge in [0.25, 0.3) is 0 Å². The summed E-state index contributed by atoms with van der Waals surface area (Å²) < 4.78 is 7.13. The number of pyridine rings is 1. The maximum atomic E-state index is 11.9. The molecule has 0 bridgehead atoms. The molecule has 0 spiro atoms. The average Bonchev–Trinajstić information content (AvgIpc) is 3.50. The van der Waals surface area contributed by atoms with E-state index in [1.807, 2.05) is 54.6 Å². The van der Waals surface area contributed by atoms with E-state index >= 15 is 0 Å². The molecule has 1 fully saturated rings. The molecule has 1 amide bonds. The van der Waals surface area contributed by atoms with Crippen LogP contribution in [-0.2, 0) is 9.53 Å². The monoisotopic (exact) mass is 497 g/mol. The number of hydrogen-bond acceptors (Lipinski definition) is 4. The Hall–Kier alpha value is -4.01. The Morgan fingerprint density at radius 2 is 1.83 bits per heavy atom. The molecule has 5 rings (SSSR count). The largest absolute Gasteiger partial charge is 0.375 e. The maximum Gasteiger partial charge on any atom is 0.250 e. The fraction of sp³-hybridized carbons (Fsp3) is 0.179. The lowest BCUT2D eigenvalue weighted by Gasteiger charge is -2.29. The van der Waals surface area contributed by atoms with Crippen LogP contribution in [0.4, 0.5) is 11.4 Å². The summed E-state index contributed by atoms with van der Waals surface area (Å²) in [6, 6.07) is 25.8. The van der Waals surface area contributed by atoms with Gasteiger partial charge in [-0.05, 0) is 79.3 Å². The summed E-state index contributed by atoms with van der Waals surface area (Å²) in [5.74, 6) is -0.201. The van der Waals surface area contributed by atoms with Gasteiger partial charge >= 0.3 is 0 Å². The fourth-order valence-corrected chi connectivity index (χ4v) is 5.00. The van der Waals surface area contributed by atoms with Crippen LogP contribution in [0.2, 0.25) is 0 Å². The smallest absolute Gasteiger partial charge is 0.250 e. The Labute approximate surface area is 215 Å². The van der Waals surface area contributed by atoms with Gasteiger partial charge in [-0.25, -0.2) is 0 Å². The van der Waals surface area contributed by atoms with Crippen molar-refractivity contribution < 1.29 is 9.53 Å². The van der Waals surface area contributed by atoms with Crippen molar-refractivity contribution >= 4 is 34.6 Å². The molecule has 2 atom stereocenters. The lowest BCUT2D eigenvalue weighted by molar-refractivity contribution is -0.119. The van der Waals surface area contributed by atoms with Crippen molar-refractivity contribution in [1.82, 2.24) is 14.9 Å². The molecule has 182 valence electrons. The first-order valence-corrected chi connectivity index (χ1v) is 12.1. The Balaban J connectivity index is 1.57. The minimum Gasteiger partial charge on any atom is -0.375 e. The van der Waals surface area contributed by atoms with Gasteiger partial charge in [-0.2, -0.15) is 0 Å². The summed E-state index contributed by atoms with van der Waals surface area (Å²) in [4.78, 5) is 18.7. The highest BCUT2D eigenvalue weighted by atomic mass is 32.1. The summed E-state index contributed by atoms with van der Waals surface area (Å²) in [6.07, 6.45) is 3.89. The van der Waals surface area contributed by atoms with E-state index in [1.165, 1.54) is 12.7 Å². The second-order valence-corrected chi connectivity index (χ2v) is 9.00. The molecule has 8 heteroatoms. The lowest BCUT2D eigenvalue weighted by Crippen LogP contribution is -2.30. The number of aryl methyl sites for hydroxylation is 1. The summed E-state index contributed by atoms with van der Waals surface area (Å²) >= 11 is 5.87. The molecule has 1 saturated heterocycles. The van der Waals surface area contributed by atoms with Gasteiger partial charge in [0.05, 0.1) is 11.7 Å². The average molecular weight is 498 g/mol. The van der Waals surface area contributed by atoms with Crippen LogP contribution in [0.3, 0.4) is 0 Å². The number of anilines is 2. The minimum atomic E-state index is -0.201. The third-order valence-corrected chi connectivity index (χ3v) is 6.58. The van der Waals surface area contributed by atoms with Crippen LogP contribution in [0.25, 0.3) is 5.69 Å². The molecule has 7 nitrogen and oxygen atoms in total. The molecule has 1 aliphatic rings. The van der Waals surface area contributed by atoms with E-state index in [4.69, 9.17) is 17.0 Å². The molecule has 4 aromatic rings. The van der Waals surface area contributed by atoms with E-state index in [1.54, 1.807) is 6.20 Å². The molecular weight excluding hydrogens is 470 g/mol. The summed E-state index contributed by atoms with van der Waals surface area (Å²) in [5.41, 5.74) is 5.91. The second-order valence-electron chi connectivity index (χ2n) is 8.61. The van der Waals surface area contributed by atoms with Crippen molar-refractivity contribution in [3.05, 3.63) is 108 Å². The van der Waals surface area contributed by atoms with Gasteiger partial charge in [-0.3, -0.25) is 9.78 Å². The third kappa shape index (κ3) is 4.60. The highest BCUT2D eigenvalue weighted by Crippen LogP contribution is 2.42. The number of carbonyl (C=O) groups is 1. The van der Waals surface area contributed by atoms with Gasteiger partial charge in [0.2, 0.25) is 5.91 Å². The maximum absolute atomic E-state index is 11.9. The normalized spacial score (nSPS) is 17.2. The zero-order valence-electron chi connectivity index (χ0n) is 20.1. The first kappa shape index (κ1) is 23.7. The molecular formula is C28H27N5O2S. The molecule has 1 aliphatic heterocycles. The van der Waals surface area contributed by atoms with Gasteiger partial charge in [0.15, 0.2) is 5.11 Å². The molecule has 0 aliphatic carbocycles. The number of para-hydroxylation sites is 1. The standard InChI is InChI=1S/C28H27N5O2S/c1-19-8-3-4-10-23(19)32-17-7-11-24(32)27-26(22-9-5-6-16-29-22)31-28(36)33(27)21-14-12-20(13-15-21)30-25(34)18-35-2/h3-17,26-27H,18H2,1-2H3,(H,30,34)(H,31,36)/t26-,27+/m0/s1. The number of aromatic nitrogens is 2. The molecule has 0 saturated carbocycles. The SMILES string of the molecule is COCC(=O)Nc1ccc(N2C(=S)N[C@@H](c3ccccn3)[C@H]2c2cccn2-c2ccccc2C)cc1. The van der Waals surface area contributed by atoms with Crippen molar-refractivity contribution in [2.24, 2.45) is 0 Å². The van der Waals surface area contributed by atoms with Crippen LogP contribution < -0.4 is 15.5 Å². The number of ether oxygens (including phenoxy) is 1. The van der Waals surface area contributed by atoms with Crippen LogP contribution in [0, 0.1) is 6.92 Å². The van der Waals surface area contributed by atoms with Gasteiger partial charge in [-0.15, -0.1) is 0 Å². The number of benzene rings is 2. The van der Waals surface area contributed by atoms with Crippen molar-refractivity contribution in [3.63, 3.8) is 0 Å². The van der Waals surface area contributed by atoms with E-state index in [9.17, 15) is 4.79 Å². The zero-order valence-corrected chi connectivity index (χ0v) is 20.9. The van der Waals surface area contributed by atoms with Gasteiger partial charge in [-0.1, -0.05) is 24.3 Å².